The molecule has 0 spiro atoms. The van der Waals surface area contributed by atoms with Gasteiger partial charge in [-0.25, -0.2) is 0 Å². The van der Waals surface area contributed by atoms with Crippen LogP contribution in [0, 0.1) is 6.92 Å². The molecule has 2 N–H and O–H groups in total. The van der Waals surface area contributed by atoms with Crippen molar-refractivity contribution in [3.05, 3.63) is 94.5 Å². The molecule has 0 aliphatic carbocycles. The van der Waals surface area contributed by atoms with Gasteiger partial charge in [0.25, 0.3) is 0 Å². The number of amides is 2. The molecule has 5 nitrogen and oxygen atoms in total. The van der Waals surface area contributed by atoms with Crippen LogP contribution in [0.4, 0.5) is 11.4 Å². The molecular formula is C24H24BrN3O2. The summed E-state index contributed by atoms with van der Waals surface area (Å²) in [6.07, 6.45) is 0. The van der Waals surface area contributed by atoms with E-state index in [0.29, 0.717) is 5.69 Å². The molecule has 3 aromatic carbocycles. The number of nitrogens with zero attached hydrogens (tertiary/aromatic N) is 1. The lowest BCUT2D eigenvalue weighted by Gasteiger charge is -2.27. The lowest BCUT2D eigenvalue weighted by atomic mass is 10.0. The van der Waals surface area contributed by atoms with Gasteiger partial charge < -0.3 is 10.6 Å². The van der Waals surface area contributed by atoms with E-state index in [1.165, 1.54) is 0 Å². The molecule has 0 saturated carbocycles. The Balaban J connectivity index is 1.76. The Morgan fingerprint density at radius 2 is 1.53 bits per heavy atom. The minimum Gasteiger partial charge on any atom is -0.324 e. The second-order valence-corrected chi connectivity index (χ2v) is 7.97. The summed E-state index contributed by atoms with van der Waals surface area (Å²) in [5.41, 5.74) is 3.35. The van der Waals surface area contributed by atoms with Gasteiger partial charge in [-0.15, -0.1) is 0 Å². The Morgan fingerprint density at radius 1 is 0.900 bits per heavy atom. The fourth-order valence-electron chi connectivity index (χ4n) is 3.16. The lowest BCUT2D eigenvalue weighted by Crippen LogP contribution is -2.39. The van der Waals surface area contributed by atoms with E-state index in [2.05, 4.69) is 26.6 Å². The highest BCUT2D eigenvalue weighted by Crippen LogP contribution is 2.24. The molecule has 2 amide bonds. The standard InChI is InChI=1S/C24H24BrN3O2/c1-17-12-14-19(15-13-17)26-24(30)23(18-8-4-3-5-9-18)28(2)16-22(29)27-21-11-7-6-10-20(21)25/h3-15,23H,16H2,1-2H3,(H,26,30)(H,27,29). The van der Waals surface area contributed by atoms with E-state index < -0.39 is 6.04 Å². The molecule has 0 aliphatic heterocycles. The first kappa shape index (κ1) is 21.7. The Bertz CT molecular complexity index is 1010. The molecule has 0 aliphatic rings. The van der Waals surface area contributed by atoms with Gasteiger partial charge in [-0.3, -0.25) is 14.5 Å². The molecule has 0 heterocycles. The van der Waals surface area contributed by atoms with Crippen LogP contribution in [0.5, 0.6) is 0 Å². The third kappa shape index (κ3) is 5.78. The number of halogens is 1. The smallest absolute Gasteiger partial charge is 0.246 e. The molecule has 0 bridgehead atoms. The van der Waals surface area contributed by atoms with Gasteiger partial charge in [-0.2, -0.15) is 0 Å². The largest absolute Gasteiger partial charge is 0.324 e. The maximum Gasteiger partial charge on any atom is 0.246 e. The molecular weight excluding hydrogens is 442 g/mol. The number of para-hydroxylation sites is 1. The van der Waals surface area contributed by atoms with Gasteiger partial charge in [0.1, 0.15) is 6.04 Å². The fraction of sp³-hybridized carbons (Fsp3) is 0.167. The Hall–Kier alpha value is -2.96. The highest BCUT2D eigenvalue weighted by molar-refractivity contribution is 9.10. The van der Waals surface area contributed by atoms with Crippen molar-refractivity contribution in [1.29, 1.82) is 0 Å². The van der Waals surface area contributed by atoms with Crippen LogP contribution in [-0.4, -0.2) is 30.3 Å². The molecule has 1 atom stereocenters. The van der Waals surface area contributed by atoms with Crippen LogP contribution in [0.3, 0.4) is 0 Å². The van der Waals surface area contributed by atoms with Gasteiger partial charge in [0.15, 0.2) is 0 Å². The summed E-state index contributed by atoms with van der Waals surface area (Å²) in [6, 6.07) is 23.9. The number of likely N-dealkylation sites (N-methyl/N-ethyl adjacent to an activating group) is 1. The molecule has 0 radical (unpaired) electrons. The summed E-state index contributed by atoms with van der Waals surface area (Å²) in [5.74, 6) is -0.394. The average Bonchev–Trinajstić information content (AvgIpc) is 2.72. The van der Waals surface area contributed by atoms with Crippen LogP contribution in [0.15, 0.2) is 83.3 Å². The number of hydrogen-bond donors (Lipinski definition) is 2. The third-order valence-electron chi connectivity index (χ3n) is 4.66. The minimum atomic E-state index is -0.613. The van der Waals surface area contributed by atoms with E-state index in [0.717, 1.165) is 21.3 Å². The zero-order valence-electron chi connectivity index (χ0n) is 16.9. The second kappa shape index (κ2) is 10.2. The van der Waals surface area contributed by atoms with Crippen molar-refractivity contribution in [3.8, 4) is 0 Å². The first-order valence-corrected chi connectivity index (χ1v) is 10.4. The molecule has 30 heavy (non-hydrogen) atoms. The van der Waals surface area contributed by atoms with Crippen LogP contribution in [0.2, 0.25) is 0 Å². The number of aryl methyl sites for hydroxylation is 1. The third-order valence-corrected chi connectivity index (χ3v) is 5.36. The van der Waals surface area contributed by atoms with E-state index >= 15 is 0 Å². The molecule has 154 valence electrons. The summed E-state index contributed by atoms with van der Waals surface area (Å²) in [7, 11) is 1.77. The molecule has 0 saturated heterocycles. The van der Waals surface area contributed by atoms with E-state index in [9.17, 15) is 9.59 Å². The van der Waals surface area contributed by atoms with Crippen LogP contribution >= 0.6 is 15.9 Å². The number of benzene rings is 3. The first-order valence-electron chi connectivity index (χ1n) is 9.61. The number of anilines is 2. The number of carbonyl (C=O) groups excluding carboxylic acids is 2. The molecule has 0 aromatic heterocycles. The maximum absolute atomic E-state index is 13.1. The van der Waals surface area contributed by atoms with Crippen LogP contribution in [-0.2, 0) is 9.59 Å². The Morgan fingerprint density at radius 3 is 2.20 bits per heavy atom. The van der Waals surface area contributed by atoms with Crippen molar-refractivity contribution in [1.82, 2.24) is 4.90 Å². The van der Waals surface area contributed by atoms with Gasteiger partial charge in [0.05, 0.1) is 12.2 Å². The van der Waals surface area contributed by atoms with E-state index in [-0.39, 0.29) is 18.4 Å². The lowest BCUT2D eigenvalue weighted by molar-refractivity contribution is -0.123. The quantitative estimate of drug-likeness (QED) is 0.515. The average molecular weight is 466 g/mol. The highest BCUT2D eigenvalue weighted by atomic mass is 79.9. The number of hydrogen-bond acceptors (Lipinski definition) is 3. The van der Waals surface area contributed by atoms with Crippen LogP contribution in [0.1, 0.15) is 17.2 Å². The molecule has 1 unspecified atom stereocenters. The molecule has 3 aromatic rings. The van der Waals surface area contributed by atoms with Crippen molar-refractivity contribution in [2.24, 2.45) is 0 Å². The zero-order chi connectivity index (χ0) is 21.5. The summed E-state index contributed by atoms with van der Waals surface area (Å²) in [5, 5.41) is 5.84. The van der Waals surface area contributed by atoms with Crippen molar-refractivity contribution >= 4 is 39.1 Å². The zero-order valence-corrected chi connectivity index (χ0v) is 18.5. The van der Waals surface area contributed by atoms with Gasteiger partial charge >= 0.3 is 0 Å². The van der Waals surface area contributed by atoms with Gasteiger partial charge in [-0.1, -0.05) is 60.2 Å². The van der Waals surface area contributed by atoms with E-state index in [4.69, 9.17) is 0 Å². The van der Waals surface area contributed by atoms with Crippen molar-refractivity contribution in [2.45, 2.75) is 13.0 Å². The minimum absolute atomic E-state index is 0.0578. The predicted molar refractivity (Wildman–Crippen MR) is 124 cm³/mol. The summed E-state index contributed by atoms with van der Waals surface area (Å²) in [4.78, 5) is 27.5. The fourth-order valence-corrected chi connectivity index (χ4v) is 3.54. The molecule has 3 rings (SSSR count). The van der Waals surface area contributed by atoms with Crippen molar-refractivity contribution < 1.29 is 9.59 Å². The normalized spacial score (nSPS) is 11.7. The van der Waals surface area contributed by atoms with Gasteiger partial charge in [0.2, 0.25) is 11.8 Å². The summed E-state index contributed by atoms with van der Waals surface area (Å²) >= 11 is 3.43. The highest BCUT2D eigenvalue weighted by Gasteiger charge is 2.26. The topological polar surface area (TPSA) is 61.4 Å². The summed E-state index contributed by atoms with van der Waals surface area (Å²) < 4.78 is 0.803. The van der Waals surface area contributed by atoms with Crippen molar-refractivity contribution in [3.63, 3.8) is 0 Å². The Kier molecular flexibility index (Phi) is 7.38. The predicted octanol–water partition coefficient (Wildman–Crippen LogP) is 5.01. The van der Waals surface area contributed by atoms with Gasteiger partial charge in [-0.05, 0) is 59.7 Å². The molecule has 6 heteroatoms. The number of rotatable bonds is 7. The van der Waals surface area contributed by atoms with E-state index in [1.54, 1.807) is 11.9 Å². The number of carbonyl (C=O) groups is 2. The molecule has 0 fully saturated rings. The summed E-state index contributed by atoms with van der Waals surface area (Å²) in [6.45, 7) is 2.05. The number of nitrogens with one attached hydrogen (secondary N) is 2. The second-order valence-electron chi connectivity index (χ2n) is 7.11. The van der Waals surface area contributed by atoms with Gasteiger partial charge in [0, 0.05) is 10.2 Å². The monoisotopic (exact) mass is 465 g/mol. The SMILES string of the molecule is Cc1ccc(NC(=O)C(c2ccccc2)N(C)CC(=O)Nc2ccccc2Br)cc1. The van der Waals surface area contributed by atoms with Crippen LogP contribution in [0.25, 0.3) is 0 Å². The van der Waals surface area contributed by atoms with Crippen molar-refractivity contribution in [2.75, 3.05) is 24.2 Å². The Labute approximate surface area is 185 Å². The van der Waals surface area contributed by atoms with E-state index in [1.807, 2.05) is 85.8 Å². The first-order chi connectivity index (χ1) is 14.4. The van der Waals surface area contributed by atoms with Crippen LogP contribution < -0.4 is 10.6 Å². The maximum atomic E-state index is 13.1.